The average Bonchev–Trinajstić information content (AvgIpc) is 2.50. The molecule has 2 rings (SSSR count). The number of Topliss-reactive ketones (excluding diaryl/α,β-unsaturated/α-hetero) is 1. The molecule has 0 bridgehead atoms. The number of fused-ring (bicyclic) bond motifs is 1. The van der Waals surface area contributed by atoms with Gasteiger partial charge >= 0.3 is 112 Å². The van der Waals surface area contributed by atoms with Crippen LogP contribution >= 0.6 is 0 Å². The number of hydrogen-bond donors (Lipinski definition) is 1. The van der Waals surface area contributed by atoms with E-state index in [-0.39, 0.29) is 5.78 Å². The van der Waals surface area contributed by atoms with E-state index in [2.05, 4.69) is 10.3 Å². The van der Waals surface area contributed by atoms with Crippen molar-refractivity contribution in [1.29, 1.82) is 0 Å². The van der Waals surface area contributed by atoms with Crippen molar-refractivity contribution in [1.82, 2.24) is 10.3 Å². The molecule has 1 aromatic carbocycles. The Labute approximate surface area is 118 Å². The van der Waals surface area contributed by atoms with Crippen LogP contribution in [0.3, 0.4) is 0 Å². The van der Waals surface area contributed by atoms with E-state index in [0.29, 0.717) is 18.4 Å². The van der Waals surface area contributed by atoms with Gasteiger partial charge in [0.15, 0.2) is 0 Å². The van der Waals surface area contributed by atoms with E-state index in [1.54, 1.807) is 6.20 Å². The first-order valence-electron chi connectivity index (χ1n) is 6.83. The number of nitrogens with zero attached hydrogens (tertiary/aromatic N) is 1. The predicted molar refractivity (Wildman–Crippen MR) is 79.2 cm³/mol. The molecule has 0 radical (unpaired) electrons. The van der Waals surface area contributed by atoms with Gasteiger partial charge in [0.05, 0.1) is 0 Å². The van der Waals surface area contributed by atoms with E-state index in [1.807, 2.05) is 30.3 Å². The molecule has 0 amide bonds. The number of aromatic nitrogens is 1. The van der Waals surface area contributed by atoms with Crippen LogP contribution in [0.5, 0.6) is 0 Å². The van der Waals surface area contributed by atoms with Crippen LogP contribution in [0.15, 0.2) is 36.5 Å². The number of carbonyl (C=O) groups is 1. The second kappa shape index (κ2) is 7.65. The third kappa shape index (κ3) is 4.06. The van der Waals surface area contributed by atoms with Crippen LogP contribution < -0.4 is 5.32 Å². The first-order chi connectivity index (χ1) is 9.81. The fourth-order valence-corrected chi connectivity index (χ4v) is 2.06. The van der Waals surface area contributed by atoms with Crippen molar-refractivity contribution in [3.05, 3.63) is 42.1 Å². The number of rotatable bonds is 8. The SMILES string of the molecule is O=BCNCCCCC(=O)c1cnc2ccccc2c1. The van der Waals surface area contributed by atoms with Crippen molar-refractivity contribution in [3.8, 4) is 0 Å². The molecular weight excluding hydrogens is 251 g/mol. The van der Waals surface area contributed by atoms with Crippen LogP contribution in [0.2, 0.25) is 0 Å². The minimum atomic E-state index is 0.124. The molecule has 102 valence electrons. The molecule has 0 fully saturated rings. The summed E-state index contributed by atoms with van der Waals surface area (Å²) in [5.41, 5.74) is 1.58. The summed E-state index contributed by atoms with van der Waals surface area (Å²) in [6, 6.07) is 9.67. The van der Waals surface area contributed by atoms with Crippen molar-refractivity contribution in [2.45, 2.75) is 19.3 Å². The summed E-state index contributed by atoms with van der Waals surface area (Å²) < 4.78 is 10.1. The Balaban J connectivity index is 1.86. The van der Waals surface area contributed by atoms with Gasteiger partial charge in [0.2, 0.25) is 0 Å². The van der Waals surface area contributed by atoms with Crippen molar-refractivity contribution in [2.24, 2.45) is 0 Å². The van der Waals surface area contributed by atoms with E-state index < -0.39 is 0 Å². The summed E-state index contributed by atoms with van der Waals surface area (Å²) in [4.78, 5) is 16.4. The van der Waals surface area contributed by atoms with E-state index in [0.717, 1.165) is 37.4 Å². The van der Waals surface area contributed by atoms with Gasteiger partial charge in [0.25, 0.3) is 0 Å². The number of pyridine rings is 1. The van der Waals surface area contributed by atoms with E-state index in [9.17, 15) is 9.50 Å². The van der Waals surface area contributed by atoms with E-state index >= 15 is 0 Å². The Morgan fingerprint density at radius 1 is 1.25 bits per heavy atom. The molecule has 4 nitrogen and oxygen atoms in total. The molecule has 0 aliphatic carbocycles. The third-order valence-corrected chi connectivity index (χ3v) is 3.15. The maximum atomic E-state index is 12.1. The molecule has 1 aromatic heterocycles. The molecule has 0 unspecified atom stereocenters. The summed E-state index contributed by atoms with van der Waals surface area (Å²) >= 11 is 0. The Kier molecular flexibility index (Phi) is 5.56. The van der Waals surface area contributed by atoms with Gasteiger partial charge in [-0.2, -0.15) is 0 Å². The zero-order chi connectivity index (χ0) is 14.2. The summed E-state index contributed by atoms with van der Waals surface area (Å²) in [5, 5.41) is 3.97. The zero-order valence-electron chi connectivity index (χ0n) is 11.3. The van der Waals surface area contributed by atoms with Crippen LogP contribution in [0.4, 0.5) is 0 Å². The molecule has 0 atom stereocenters. The molecule has 1 N–H and O–H groups in total. The molecule has 0 saturated carbocycles. The standard InChI is InChI=1S/C15H17BN2O2/c19-15(7-3-4-8-17-11-16-20)13-9-12-5-1-2-6-14(12)18-10-13/h1-2,5-6,9-10,17H,3-4,7-8,11H2. The Morgan fingerprint density at radius 3 is 2.95 bits per heavy atom. The van der Waals surface area contributed by atoms with Crippen molar-refractivity contribution in [2.75, 3.05) is 13.0 Å². The molecule has 5 heteroatoms. The van der Waals surface area contributed by atoms with Gasteiger partial charge in [-0.15, -0.1) is 0 Å². The van der Waals surface area contributed by atoms with Gasteiger partial charge in [-0.25, -0.2) is 0 Å². The number of para-hydroxylation sites is 1. The van der Waals surface area contributed by atoms with Crippen LogP contribution in [0.1, 0.15) is 29.6 Å². The first kappa shape index (κ1) is 14.5. The van der Waals surface area contributed by atoms with Gasteiger partial charge in [0, 0.05) is 0 Å². The summed E-state index contributed by atoms with van der Waals surface area (Å²) in [5.74, 6) is 0.124. The molecular formula is C15H17BN2O2. The van der Waals surface area contributed by atoms with E-state index in [4.69, 9.17) is 0 Å². The van der Waals surface area contributed by atoms with Gasteiger partial charge in [0.1, 0.15) is 0 Å². The maximum absolute atomic E-state index is 12.1. The van der Waals surface area contributed by atoms with Crippen LogP contribution in [0.25, 0.3) is 10.9 Å². The van der Waals surface area contributed by atoms with Crippen LogP contribution in [-0.2, 0) is 4.70 Å². The van der Waals surface area contributed by atoms with E-state index in [1.165, 1.54) is 0 Å². The predicted octanol–water partition coefficient (Wildman–Crippen LogP) is 2.18. The van der Waals surface area contributed by atoms with Gasteiger partial charge in [-0.3, -0.25) is 0 Å². The van der Waals surface area contributed by atoms with Crippen molar-refractivity contribution < 1.29 is 9.50 Å². The molecule has 0 spiro atoms. The normalized spacial score (nSPS) is 10.4. The number of unbranched alkanes of at least 4 members (excludes halogenated alkanes) is 1. The number of benzene rings is 1. The Morgan fingerprint density at radius 2 is 2.10 bits per heavy atom. The minimum absolute atomic E-state index is 0.124. The molecule has 1 heterocycles. The monoisotopic (exact) mass is 268 g/mol. The first-order valence-corrected chi connectivity index (χ1v) is 6.83. The molecule has 0 saturated heterocycles. The fraction of sp³-hybridized carbons (Fsp3) is 0.333. The number of hydrogen-bond acceptors (Lipinski definition) is 4. The Hall–Kier alpha value is -1.88. The van der Waals surface area contributed by atoms with Gasteiger partial charge < -0.3 is 0 Å². The van der Waals surface area contributed by atoms with Crippen molar-refractivity contribution >= 4 is 23.8 Å². The number of nitrogens with one attached hydrogen (secondary N) is 1. The van der Waals surface area contributed by atoms with Gasteiger partial charge in [-0.05, 0) is 0 Å². The van der Waals surface area contributed by atoms with Gasteiger partial charge in [-0.1, -0.05) is 6.07 Å². The average molecular weight is 268 g/mol. The zero-order valence-corrected chi connectivity index (χ0v) is 11.3. The fourth-order valence-electron chi connectivity index (χ4n) is 2.06. The second-order valence-corrected chi connectivity index (χ2v) is 4.67. The molecule has 2 aromatic rings. The number of carbonyl (C=O) groups excluding carboxylic acids is 1. The second-order valence-electron chi connectivity index (χ2n) is 4.67. The summed E-state index contributed by atoms with van der Waals surface area (Å²) in [7, 11) is 0.839. The molecule has 0 aliphatic heterocycles. The quantitative estimate of drug-likeness (QED) is 0.453. The van der Waals surface area contributed by atoms with Crippen molar-refractivity contribution in [3.63, 3.8) is 0 Å². The topological polar surface area (TPSA) is 59.1 Å². The molecule has 0 aliphatic rings. The van der Waals surface area contributed by atoms with Crippen LogP contribution in [0, 0.1) is 0 Å². The third-order valence-electron chi connectivity index (χ3n) is 3.15. The summed E-state index contributed by atoms with van der Waals surface area (Å²) in [6.45, 7) is 0.766. The molecule has 20 heavy (non-hydrogen) atoms. The summed E-state index contributed by atoms with van der Waals surface area (Å²) in [6.07, 6.45) is 4.25. The van der Waals surface area contributed by atoms with Crippen LogP contribution in [-0.4, -0.2) is 30.9 Å². The Bertz CT molecular complexity index is 601. The number of ketones is 1.